The molecule has 0 saturated carbocycles. The van der Waals surface area contributed by atoms with E-state index in [0.717, 1.165) is 5.56 Å². The Bertz CT molecular complexity index is 533. The second-order valence-corrected chi connectivity index (χ2v) is 3.52. The van der Waals surface area contributed by atoms with Crippen molar-refractivity contribution in [1.29, 1.82) is 0 Å². The van der Waals surface area contributed by atoms with Crippen LogP contribution in [-0.4, -0.2) is 16.1 Å². The van der Waals surface area contributed by atoms with Crippen LogP contribution in [0.25, 0.3) is 11.6 Å². The molecule has 1 heterocycles. The van der Waals surface area contributed by atoms with Crippen LogP contribution in [-0.2, 0) is 4.79 Å². The summed E-state index contributed by atoms with van der Waals surface area (Å²) >= 11 is 0. The van der Waals surface area contributed by atoms with Gasteiger partial charge in [-0.25, -0.2) is 4.79 Å². The van der Waals surface area contributed by atoms with Gasteiger partial charge in [0, 0.05) is 12.4 Å². The molecule has 0 aliphatic rings. The van der Waals surface area contributed by atoms with Gasteiger partial charge in [-0.1, -0.05) is 36.4 Å². The van der Waals surface area contributed by atoms with E-state index in [0.29, 0.717) is 5.56 Å². The summed E-state index contributed by atoms with van der Waals surface area (Å²) in [6, 6.07) is 12.6. The molecule has 1 aromatic heterocycles. The molecule has 0 radical (unpaired) electrons. The zero-order chi connectivity index (χ0) is 12.1. The fourth-order valence-corrected chi connectivity index (χ4v) is 1.51. The van der Waals surface area contributed by atoms with Gasteiger partial charge in [-0.05, 0) is 23.3 Å². The quantitative estimate of drug-likeness (QED) is 0.817. The molecule has 17 heavy (non-hydrogen) atoms. The summed E-state index contributed by atoms with van der Waals surface area (Å²) in [5.74, 6) is -0.944. The van der Waals surface area contributed by atoms with Crippen molar-refractivity contribution in [1.82, 2.24) is 4.98 Å². The van der Waals surface area contributed by atoms with E-state index in [4.69, 9.17) is 0 Å². The molecule has 0 saturated heterocycles. The second-order valence-electron chi connectivity index (χ2n) is 3.52. The lowest BCUT2D eigenvalue weighted by atomic mass is 10.0. The molecule has 0 aliphatic heterocycles. The molecule has 0 unspecified atom stereocenters. The molecular formula is C14H11NO2. The summed E-state index contributed by atoms with van der Waals surface area (Å²) in [5, 5.41) is 9.20. The van der Waals surface area contributed by atoms with Gasteiger partial charge in [-0.3, -0.25) is 4.98 Å². The Morgan fingerprint density at radius 2 is 1.88 bits per heavy atom. The van der Waals surface area contributed by atoms with Crippen LogP contribution >= 0.6 is 0 Å². The smallest absolute Gasteiger partial charge is 0.336 e. The fourth-order valence-electron chi connectivity index (χ4n) is 1.51. The molecule has 0 bridgehead atoms. The number of hydrogen-bond acceptors (Lipinski definition) is 2. The third kappa shape index (κ3) is 2.78. The summed E-state index contributed by atoms with van der Waals surface area (Å²) in [6.45, 7) is 0. The molecule has 1 N–H and O–H groups in total. The van der Waals surface area contributed by atoms with Crippen LogP contribution in [0.3, 0.4) is 0 Å². The van der Waals surface area contributed by atoms with E-state index in [1.807, 2.05) is 24.3 Å². The summed E-state index contributed by atoms with van der Waals surface area (Å²) < 4.78 is 0. The molecule has 0 fully saturated rings. The van der Waals surface area contributed by atoms with Gasteiger partial charge in [-0.15, -0.1) is 0 Å². The first-order chi connectivity index (χ1) is 8.27. The zero-order valence-electron chi connectivity index (χ0n) is 9.08. The molecule has 0 atom stereocenters. The van der Waals surface area contributed by atoms with E-state index in [9.17, 15) is 9.90 Å². The van der Waals surface area contributed by atoms with Gasteiger partial charge < -0.3 is 5.11 Å². The van der Waals surface area contributed by atoms with Crippen molar-refractivity contribution in [3.8, 4) is 0 Å². The Kier molecular flexibility index (Phi) is 3.31. The summed E-state index contributed by atoms with van der Waals surface area (Å²) in [4.78, 5) is 15.2. The average Bonchev–Trinajstić information content (AvgIpc) is 2.38. The van der Waals surface area contributed by atoms with Gasteiger partial charge in [0.2, 0.25) is 0 Å². The third-order valence-electron chi connectivity index (χ3n) is 2.31. The lowest BCUT2D eigenvalue weighted by Crippen LogP contribution is -1.99. The predicted molar refractivity (Wildman–Crippen MR) is 66.2 cm³/mol. The van der Waals surface area contributed by atoms with Gasteiger partial charge in [0.05, 0.1) is 5.57 Å². The highest BCUT2D eigenvalue weighted by atomic mass is 16.4. The van der Waals surface area contributed by atoms with Crippen molar-refractivity contribution in [2.45, 2.75) is 0 Å². The Morgan fingerprint density at radius 1 is 1.12 bits per heavy atom. The molecule has 0 amide bonds. The summed E-state index contributed by atoms with van der Waals surface area (Å²) in [6.07, 6.45) is 4.90. The number of aliphatic carboxylic acids is 1. The second kappa shape index (κ2) is 5.07. The molecule has 0 aliphatic carbocycles. The van der Waals surface area contributed by atoms with Gasteiger partial charge >= 0.3 is 5.97 Å². The van der Waals surface area contributed by atoms with Crippen molar-refractivity contribution >= 4 is 17.6 Å². The van der Waals surface area contributed by atoms with Gasteiger partial charge in [0.1, 0.15) is 0 Å². The van der Waals surface area contributed by atoms with Crippen LogP contribution in [0.5, 0.6) is 0 Å². The van der Waals surface area contributed by atoms with E-state index < -0.39 is 5.97 Å². The number of pyridine rings is 1. The van der Waals surface area contributed by atoms with Crippen LogP contribution in [0, 0.1) is 0 Å². The minimum atomic E-state index is -0.944. The largest absolute Gasteiger partial charge is 0.478 e. The number of nitrogens with zero attached hydrogens (tertiary/aromatic N) is 1. The first kappa shape index (κ1) is 11.1. The van der Waals surface area contributed by atoms with Gasteiger partial charge in [0.15, 0.2) is 0 Å². The van der Waals surface area contributed by atoms with Crippen molar-refractivity contribution in [3.63, 3.8) is 0 Å². The van der Waals surface area contributed by atoms with E-state index in [2.05, 4.69) is 4.98 Å². The number of benzene rings is 1. The van der Waals surface area contributed by atoms with Crippen LogP contribution in [0.1, 0.15) is 11.1 Å². The average molecular weight is 225 g/mol. The molecule has 3 nitrogen and oxygen atoms in total. The third-order valence-corrected chi connectivity index (χ3v) is 2.31. The number of aromatic nitrogens is 1. The lowest BCUT2D eigenvalue weighted by Gasteiger charge is -2.02. The van der Waals surface area contributed by atoms with Crippen LogP contribution in [0.4, 0.5) is 0 Å². The molecule has 0 spiro atoms. The first-order valence-corrected chi connectivity index (χ1v) is 5.18. The molecule has 84 valence electrons. The maximum absolute atomic E-state index is 11.2. The van der Waals surface area contributed by atoms with Crippen molar-refractivity contribution in [2.75, 3.05) is 0 Å². The molecule has 2 aromatic rings. The minimum Gasteiger partial charge on any atom is -0.478 e. The number of hydrogen-bond donors (Lipinski definition) is 1. The number of carboxylic acid groups (broad SMARTS) is 1. The van der Waals surface area contributed by atoms with E-state index in [1.165, 1.54) is 0 Å². The maximum atomic E-state index is 11.2. The SMILES string of the molecule is O=C(O)C(=Cc1cccnc1)c1ccccc1. The predicted octanol–water partition coefficient (Wildman–Crippen LogP) is 2.71. The minimum absolute atomic E-state index is 0.263. The lowest BCUT2D eigenvalue weighted by molar-refractivity contribution is -0.130. The van der Waals surface area contributed by atoms with E-state index in [-0.39, 0.29) is 5.57 Å². The van der Waals surface area contributed by atoms with Crippen LogP contribution in [0.2, 0.25) is 0 Å². The number of rotatable bonds is 3. The van der Waals surface area contributed by atoms with Crippen LogP contribution in [0.15, 0.2) is 54.9 Å². The highest BCUT2D eigenvalue weighted by Crippen LogP contribution is 2.17. The molecular weight excluding hydrogens is 214 g/mol. The number of carboxylic acids is 1. The maximum Gasteiger partial charge on any atom is 0.336 e. The Hall–Kier alpha value is -2.42. The standard InChI is InChI=1S/C14H11NO2/c16-14(17)13(12-6-2-1-3-7-12)9-11-5-4-8-15-10-11/h1-10H,(H,16,17). The van der Waals surface area contributed by atoms with Gasteiger partial charge in [0.25, 0.3) is 0 Å². The highest BCUT2D eigenvalue weighted by molar-refractivity contribution is 6.20. The van der Waals surface area contributed by atoms with Crippen LogP contribution < -0.4 is 0 Å². The molecule has 1 aromatic carbocycles. The summed E-state index contributed by atoms with van der Waals surface area (Å²) in [5.41, 5.74) is 1.72. The zero-order valence-corrected chi connectivity index (χ0v) is 9.08. The highest BCUT2D eigenvalue weighted by Gasteiger charge is 2.09. The molecule has 3 heteroatoms. The normalized spacial score (nSPS) is 11.2. The monoisotopic (exact) mass is 225 g/mol. The van der Waals surface area contributed by atoms with E-state index in [1.54, 1.807) is 36.7 Å². The van der Waals surface area contributed by atoms with Gasteiger partial charge in [-0.2, -0.15) is 0 Å². The molecule has 2 rings (SSSR count). The number of carbonyl (C=O) groups is 1. The topological polar surface area (TPSA) is 50.2 Å². The van der Waals surface area contributed by atoms with Crippen molar-refractivity contribution < 1.29 is 9.90 Å². The Morgan fingerprint density at radius 3 is 2.47 bits per heavy atom. The fraction of sp³-hybridized carbons (Fsp3) is 0. The first-order valence-electron chi connectivity index (χ1n) is 5.18. The van der Waals surface area contributed by atoms with E-state index >= 15 is 0 Å². The summed E-state index contributed by atoms with van der Waals surface area (Å²) in [7, 11) is 0. The van der Waals surface area contributed by atoms with Crippen molar-refractivity contribution in [3.05, 3.63) is 66.0 Å². The van der Waals surface area contributed by atoms with Crippen molar-refractivity contribution in [2.24, 2.45) is 0 Å². The Labute approximate surface area is 99.1 Å². The Balaban J connectivity index is 2.44.